The average Bonchev–Trinajstić information content (AvgIpc) is 3.20. The van der Waals surface area contributed by atoms with Gasteiger partial charge in [0.1, 0.15) is 0 Å². The molecule has 2 N–H and O–H groups in total. The Bertz CT molecular complexity index is 980. The Labute approximate surface area is 201 Å². The molecule has 0 aromatic heterocycles. The molecule has 0 bridgehead atoms. The first-order valence-electron chi connectivity index (χ1n) is 10.1. The second-order valence-electron chi connectivity index (χ2n) is 7.15. The van der Waals surface area contributed by atoms with E-state index < -0.39 is 9.84 Å². The van der Waals surface area contributed by atoms with Crippen LogP contribution in [0, 0.1) is 0 Å². The maximum atomic E-state index is 12.3. The number of anilines is 1. The number of guanidine groups is 1. The summed E-state index contributed by atoms with van der Waals surface area (Å²) in [7, 11) is -1.58. The predicted molar refractivity (Wildman–Crippen MR) is 135 cm³/mol. The number of halogens is 1. The topological polar surface area (TPSA) is 90.9 Å². The first kappa shape index (κ1) is 25.1. The van der Waals surface area contributed by atoms with E-state index >= 15 is 0 Å². The number of hydrogen-bond acceptors (Lipinski definition) is 4. The minimum Gasteiger partial charge on any atom is -0.356 e. The third-order valence-corrected chi connectivity index (χ3v) is 6.81. The highest BCUT2D eigenvalue weighted by Crippen LogP contribution is 2.21. The molecule has 1 heterocycles. The van der Waals surface area contributed by atoms with E-state index in [4.69, 9.17) is 0 Å². The Hall–Kier alpha value is -2.14. The van der Waals surface area contributed by atoms with Gasteiger partial charge in [0.05, 0.1) is 10.6 Å². The molecule has 2 aromatic rings. The van der Waals surface area contributed by atoms with Gasteiger partial charge in [0.15, 0.2) is 15.8 Å². The average molecular weight is 556 g/mol. The molecule has 1 aliphatic rings. The minimum absolute atomic E-state index is 0. The van der Waals surface area contributed by atoms with E-state index in [9.17, 15) is 13.2 Å². The lowest BCUT2D eigenvalue weighted by atomic mass is 10.2. The van der Waals surface area contributed by atoms with E-state index in [-0.39, 0.29) is 35.6 Å². The van der Waals surface area contributed by atoms with Gasteiger partial charge in [-0.1, -0.05) is 30.3 Å². The van der Waals surface area contributed by atoms with Crippen molar-refractivity contribution in [2.45, 2.75) is 30.7 Å². The molecule has 31 heavy (non-hydrogen) atoms. The van der Waals surface area contributed by atoms with Gasteiger partial charge in [0, 0.05) is 38.8 Å². The summed E-state index contributed by atoms with van der Waals surface area (Å²) in [6, 6.07) is 16.4. The Morgan fingerprint density at radius 3 is 2.39 bits per heavy atom. The van der Waals surface area contributed by atoms with E-state index in [1.807, 2.05) is 29.2 Å². The minimum atomic E-state index is -3.26. The van der Waals surface area contributed by atoms with Gasteiger partial charge in [-0.05, 0) is 42.7 Å². The zero-order chi connectivity index (χ0) is 21.4. The fraction of sp³-hybridized carbons (Fsp3) is 0.364. The zero-order valence-corrected chi connectivity index (χ0v) is 20.7. The highest BCUT2D eigenvalue weighted by atomic mass is 127. The maximum Gasteiger partial charge on any atom is 0.227 e. The second-order valence-corrected chi connectivity index (χ2v) is 9.26. The van der Waals surface area contributed by atoms with E-state index in [0.29, 0.717) is 36.8 Å². The number of hydrogen-bond donors (Lipinski definition) is 2. The lowest BCUT2D eigenvalue weighted by molar-refractivity contribution is -0.117. The molecular weight excluding hydrogens is 527 g/mol. The van der Waals surface area contributed by atoms with Crippen LogP contribution in [-0.4, -0.2) is 46.2 Å². The van der Waals surface area contributed by atoms with Gasteiger partial charge in [-0.3, -0.25) is 9.79 Å². The van der Waals surface area contributed by atoms with Crippen molar-refractivity contribution < 1.29 is 13.2 Å². The van der Waals surface area contributed by atoms with Crippen LogP contribution in [0.2, 0.25) is 0 Å². The number of aliphatic imine (C=N–C) groups is 1. The summed E-state index contributed by atoms with van der Waals surface area (Å²) in [5.41, 5.74) is 2.00. The van der Waals surface area contributed by atoms with Crippen LogP contribution in [0.5, 0.6) is 0 Å². The molecule has 0 atom stereocenters. The van der Waals surface area contributed by atoms with Gasteiger partial charge in [0.25, 0.3) is 0 Å². The van der Waals surface area contributed by atoms with Crippen molar-refractivity contribution in [1.82, 2.24) is 10.6 Å². The smallest absolute Gasteiger partial charge is 0.227 e. The molecule has 9 heteroatoms. The Kier molecular flexibility index (Phi) is 9.76. The lowest BCUT2D eigenvalue weighted by Crippen LogP contribution is -2.37. The molecule has 1 aliphatic heterocycles. The van der Waals surface area contributed by atoms with Crippen LogP contribution in [0.1, 0.15) is 24.8 Å². The van der Waals surface area contributed by atoms with E-state index in [2.05, 4.69) is 15.6 Å². The third kappa shape index (κ3) is 7.20. The van der Waals surface area contributed by atoms with E-state index in [1.54, 1.807) is 37.4 Å². The fourth-order valence-corrected chi connectivity index (χ4v) is 4.67. The van der Waals surface area contributed by atoms with Crippen molar-refractivity contribution in [2.24, 2.45) is 4.99 Å². The summed E-state index contributed by atoms with van der Waals surface area (Å²) in [6.07, 6.45) is 2.02. The van der Waals surface area contributed by atoms with Gasteiger partial charge < -0.3 is 15.5 Å². The molecular formula is C22H29IN4O3S. The molecule has 0 saturated carbocycles. The molecule has 1 amide bonds. The summed E-state index contributed by atoms with van der Waals surface area (Å²) in [5.74, 6) is 0.878. The standard InChI is InChI=1S/C22H28N4O3S.HI/c1-23-22(24-14-6-16-30(28,29)20-7-3-2-4-8-20)25-17-18-10-12-19(13-11-18)26-15-5-9-21(26)27;/h2-4,7-8,10-13H,5-6,9,14-17H2,1H3,(H2,23,24,25);1H. The van der Waals surface area contributed by atoms with Crippen LogP contribution in [0.3, 0.4) is 0 Å². The molecule has 1 saturated heterocycles. The van der Waals surface area contributed by atoms with Crippen LogP contribution in [0.15, 0.2) is 64.5 Å². The number of benzene rings is 2. The summed E-state index contributed by atoms with van der Waals surface area (Å²) in [4.78, 5) is 18.2. The Morgan fingerprint density at radius 1 is 1.06 bits per heavy atom. The van der Waals surface area contributed by atoms with Gasteiger partial charge in [-0.25, -0.2) is 8.42 Å². The molecule has 2 aromatic carbocycles. The van der Waals surface area contributed by atoms with Crippen LogP contribution in [-0.2, 0) is 21.2 Å². The first-order valence-corrected chi connectivity index (χ1v) is 11.8. The van der Waals surface area contributed by atoms with Crippen LogP contribution in [0.25, 0.3) is 0 Å². The molecule has 0 spiro atoms. The van der Waals surface area contributed by atoms with Crippen molar-refractivity contribution >= 4 is 51.4 Å². The van der Waals surface area contributed by atoms with Crippen molar-refractivity contribution in [1.29, 1.82) is 0 Å². The summed E-state index contributed by atoms with van der Waals surface area (Å²) < 4.78 is 24.6. The molecule has 1 fully saturated rings. The number of carbonyl (C=O) groups excluding carboxylic acids is 1. The summed E-state index contributed by atoms with van der Waals surface area (Å²) in [6.45, 7) is 1.87. The van der Waals surface area contributed by atoms with E-state index in [0.717, 1.165) is 24.2 Å². The number of nitrogens with zero attached hydrogens (tertiary/aromatic N) is 2. The van der Waals surface area contributed by atoms with Gasteiger partial charge in [-0.15, -0.1) is 24.0 Å². The Balaban J connectivity index is 0.00000341. The number of nitrogens with one attached hydrogen (secondary N) is 2. The molecule has 168 valence electrons. The van der Waals surface area contributed by atoms with Crippen molar-refractivity contribution in [3.05, 3.63) is 60.2 Å². The van der Waals surface area contributed by atoms with Crippen molar-refractivity contribution in [3.8, 4) is 0 Å². The predicted octanol–water partition coefficient (Wildman–Crippen LogP) is 2.96. The number of amides is 1. The van der Waals surface area contributed by atoms with Gasteiger partial charge in [0.2, 0.25) is 5.91 Å². The highest BCUT2D eigenvalue weighted by molar-refractivity contribution is 14.0. The number of rotatable bonds is 8. The molecule has 0 aliphatic carbocycles. The van der Waals surface area contributed by atoms with Crippen LogP contribution < -0.4 is 15.5 Å². The molecule has 0 radical (unpaired) electrons. The summed E-state index contributed by atoms with van der Waals surface area (Å²) >= 11 is 0. The SMILES string of the molecule is CN=C(NCCCS(=O)(=O)c1ccccc1)NCc1ccc(N2CCCC2=O)cc1.I. The van der Waals surface area contributed by atoms with Crippen LogP contribution in [0.4, 0.5) is 5.69 Å². The normalized spacial score (nSPS) is 14.3. The molecule has 0 unspecified atom stereocenters. The Morgan fingerprint density at radius 2 is 1.77 bits per heavy atom. The van der Waals surface area contributed by atoms with Gasteiger partial charge in [-0.2, -0.15) is 0 Å². The fourth-order valence-electron chi connectivity index (χ4n) is 3.34. The molecule has 3 rings (SSSR count). The first-order chi connectivity index (χ1) is 14.5. The van der Waals surface area contributed by atoms with Crippen molar-refractivity contribution in [2.75, 3.05) is 30.8 Å². The lowest BCUT2D eigenvalue weighted by Gasteiger charge is -2.16. The second kappa shape index (κ2) is 12.0. The third-order valence-electron chi connectivity index (χ3n) is 4.99. The monoisotopic (exact) mass is 556 g/mol. The van der Waals surface area contributed by atoms with E-state index in [1.165, 1.54) is 0 Å². The largest absolute Gasteiger partial charge is 0.356 e. The highest BCUT2D eigenvalue weighted by Gasteiger charge is 2.21. The van der Waals surface area contributed by atoms with Crippen molar-refractivity contribution in [3.63, 3.8) is 0 Å². The zero-order valence-electron chi connectivity index (χ0n) is 17.6. The summed E-state index contributed by atoms with van der Waals surface area (Å²) in [5, 5.41) is 6.37. The number of carbonyl (C=O) groups is 1. The quantitative estimate of drug-likeness (QED) is 0.226. The maximum absolute atomic E-state index is 12.3. The number of sulfone groups is 1. The van der Waals surface area contributed by atoms with Crippen LogP contribution >= 0.6 is 24.0 Å². The molecule has 7 nitrogen and oxygen atoms in total. The van der Waals surface area contributed by atoms with Gasteiger partial charge >= 0.3 is 0 Å².